The van der Waals surface area contributed by atoms with E-state index in [1.54, 1.807) is 4.90 Å². The van der Waals surface area contributed by atoms with Crippen LogP contribution in [0.25, 0.3) is 11.0 Å². The third-order valence-electron chi connectivity index (χ3n) is 6.62. The summed E-state index contributed by atoms with van der Waals surface area (Å²) in [7, 11) is 1.81. The van der Waals surface area contributed by atoms with Crippen molar-refractivity contribution in [1.82, 2.24) is 19.8 Å². The maximum atomic E-state index is 13.7. The van der Waals surface area contributed by atoms with Gasteiger partial charge in [0.25, 0.3) is 5.91 Å². The highest BCUT2D eigenvalue weighted by Gasteiger charge is 2.27. The van der Waals surface area contributed by atoms with Gasteiger partial charge in [0, 0.05) is 31.4 Å². The molecule has 35 heavy (non-hydrogen) atoms. The van der Waals surface area contributed by atoms with Gasteiger partial charge in [-0.2, -0.15) is 0 Å². The number of hydrogen-bond donors (Lipinski definition) is 3. The van der Waals surface area contributed by atoms with Crippen molar-refractivity contribution in [2.45, 2.75) is 58.2 Å². The van der Waals surface area contributed by atoms with Gasteiger partial charge in [0.15, 0.2) is 0 Å². The van der Waals surface area contributed by atoms with Crippen molar-refractivity contribution in [2.75, 3.05) is 25.5 Å². The van der Waals surface area contributed by atoms with E-state index in [0.29, 0.717) is 38.2 Å². The topological polar surface area (TPSA) is 107 Å². The lowest BCUT2D eigenvalue weighted by atomic mass is 10.1. The number of carbonyl (C=O) groups excluding carboxylic acids is 2. The number of nitrogens with two attached hydrogens (primary N) is 1. The van der Waals surface area contributed by atoms with E-state index < -0.39 is 0 Å². The first-order valence-electron chi connectivity index (χ1n) is 12.6. The Labute approximate surface area is 206 Å². The first-order chi connectivity index (χ1) is 17.0. The lowest BCUT2D eigenvalue weighted by molar-refractivity contribution is -0.131. The largest absolute Gasteiger partial charge is 0.373 e. The molecule has 4 N–H and O–H groups in total. The smallest absolute Gasteiger partial charge is 0.254 e. The molecule has 0 unspecified atom stereocenters. The minimum atomic E-state index is -0.249. The van der Waals surface area contributed by atoms with E-state index in [4.69, 9.17) is 5.73 Å². The lowest BCUT2D eigenvalue weighted by Gasteiger charge is -2.23. The van der Waals surface area contributed by atoms with Gasteiger partial charge >= 0.3 is 0 Å². The number of fused-ring (bicyclic) bond motifs is 2. The number of H-pyrrole nitrogens is 1. The summed E-state index contributed by atoms with van der Waals surface area (Å²) in [4.78, 5) is 37.9. The lowest BCUT2D eigenvalue weighted by Crippen LogP contribution is -2.37. The van der Waals surface area contributed by atoms with Crippen LogP contribution in [0, 0.1) is 0 Å². The van der Waals surface area contributed by atoms with E-state index in [2.05, 4.69) is 15.3 Å². The van der Waals surface area contributed by atoms with Crippen LogP contribution in [-0.4, -0.2) is 57.8 Å². The monoisotopic (exact) mass is 476 g/mol. The molecule has 1 atom stereocenters. The average molecular weight is 477 g/mol. The summed E-state index contributed by atoms with van der Waals surface area (Å²) < 4.78 is 0. The molecule has 2 aromatic carbocycles. The fourth-order valence-electron chi connectivity index (χ4n) is 4.62. The molecule has 0 spiro atoms. The number of rotatable bonds is 10. The van der Waals surface area contributed by atoms with Crippen molar-refractivity contribution >= 4 is 28.5 Å². The molecular weight excluding hydrogens is 440 g/mol. The number of para-hydroxylation sites is 2. The van der Waals surface area contributed by atoms with Crippen LogP contribution in [0.5, 0.6) is 0 Å². The summed E-state index contributed by atoms with van der Waals surface area (Å²) in [6, 6.07) is 13.4. The molecule has 4 rings (SSSR count). The summed E-state index contributed by atoms with van der Waals surface area (Å²) in [5.41, 5.74) is 9.98. The zero-order valence-corrected chi connectivity index (χ0v) is 20.7. The third-order valence-corrected chi connectivity index (χ3v) is 6.62. The van der Waals surface area contributed by atoms with Crippen molar-refractivity contribution in [3.8, 4) is 0 Å². The SMILES string of the molecule is CC[C@@H]1Nc2ccc(C(=O)N(CCCCCCN)Cc3nc4ccccc4[nH]3)cc2CN(C)C1=O. The number of nitrogens with one attached hydrogen (secondary N) is 2. The molecule has 0 bridgehead atoms. The molecule has 186 valence electrons. The summed E-state index contributed by atoms with van der Waals surface area (Å²) in [5.74, 6) is 0.812. The molecule has 0 aliphatic carbocycles. The first kappa shape index (κ1) is 24.7. The Kier molecular flexibility index (Phi) is 8.02. The quantitative estimate of drug-likeness (QED) is 0.385. The van der Waals surface area contributed by atoms with Crippen LogP contribution in [0.4, 0.5) is 5.69 Å². The molecule has 0 saturated carbocycles. The molecule has 2 heterocycles. The number of aromatic nitrogens is 2. The number of imidazole rings is 1. The Bertz CT molecular complexity index is 1140. The summed E-state index contributed by atoms with van der Waals surface area (Å²) in [5, 5.41) is 3.35. The van der Waals surface area contributed by atoms with Crippen LogP contribution >= 0.6 is 0 Å². The zero-order valence-electron chi connectivity index (χ0n) is 20.7. The molecule has 8 nitrogen and oxygen atoms in total. The Morgan fingerprint density at radius 2 is 1.97 bits per heavy atom. The van der Waals surface area contributed by atoms with Crippen LogP contribution in [0.1, 0.15) is 60.8 Å². The van der Waals surface area contributed by atoms with Crippen LogP contribution < -0.4 is 11.1 Å². The number of anilines is 1. The molecule has 0 fully saturated rings. The highest BCUT2D eigenvalue weighted by atomic mass is 16.2. The van der Waals surface area contributed by atoms with Crippen molar-refractivity contribution < 1.29 is 9.59 Å². The molecule has 3 aromatic rings. The Morgan fingerprint density at radius 3 is 2.74 bits per heavy atom. The number of carbonyl (C=O) groups is 2. The van der Waals surface area contributed by atoms with Crippen molar-refractivity contribution in [3.63, 3.8) is 0 Å². The first-order valence-corrected chi connectivity index (χ1v) is 12.6. The standard InChI is InChI=1S/C27H36N6O2/c1-3-21-27(35)32(2)17-20-16-19(12-13-22(20)29-21)26(34)33(15-9-5-4-8-14-28)18-25-30-23-10-6-7-11-24(23)31-25/h6-7,10-13,16,21,29H,3-5,8-9,14-15,17-18,28H2,1-2H3,(H,30,31)/t21-/m0/s1. The second kappa shape index (κ2) is 11.4. The van der Waals surface area contributed by atoms with Gasteiger partial charge in [-0.25, -0.2) is 4.98 Å². The highest BCUT2D eigenvalue weighted by molar-refractivity contribution is 5.95. The Morgan fingerprint density at radius 1 is 1.17 bits per heavy atom. The fraction of sp³-hybridized carbons (Fsp3) is 0.444. The molecule has 0 saturated heterocycles. The maximum Gasteiger partial charge on any atom is 0.254 e. The molecule has 1 aromatic heterocycles. The van der Waals surface area contributed by atoms with E-state index in [0.717, 1.165) is 53.8 Å². The fourth-order valence-corrected chi connectivity index (χ4v) is 4.62. The number of aromatic amines is 1. The number of amides is 2. The Hall–Kier alpha value is -3.39. The van der Waals surface area contributed by atoms with Gasteiger partial charge in [0.2, 0.25) is 5.91 Å². The summed E-state index contributed by atoms with van der Waals surface area (Å²) in [6.07, 6.45) is 4.71. The minimum absolute atomic E-state index is 0.0302. The molecule has 2 amide bonds. The van der Waals surface area contributed by atoms with Crippen molar-refractivity contribution in [2.24, 2.45) is 5.73 Å². The van der Waals surface area contributed by atoms with Gasteiger partial charge < -0.3 is 25.8 Å². The van der Waals surface area contributed by atoms with Gasteiger partial charge in [0.1, 0.15) is 11.9 Å². The molecule has 1 aliphatic rings. The van der Waals surface area contributed by atoms with Gasteiger partial charge in [0.05, 0.1) is 17.6 Å². The van der Waals surface area contributed by atoms with E-state index in [1.165, 1.54) is 0 Å². The second-order valence-corrected chi connectivity index (χ2v) is 9.30. The van der Waals surface area contributed by atoms with Gasteiger partial charge in [-0.1, -0.05) is 31.9 Å². The molecule has 0 radical (unpaired) electrons. The van der Waals surface area contributed by atoms with E-state index >= 15 is 0 Å². The van der Waals surface area contributed by atoms with Crippen LogP contribution in [0.2, 0.25) is 0 Å². The van der Waals surface area contributed by atoms with Gasteiger partial charge in [-0.05, 0) is 61.7 Å². The number of likely N-dealkylation sites (N-methyl/N-ethyl adjacent to an activating group) is 1. The third kappa shape index (κ3) is 5.82. The summed E-state index contributed by atoms with van der Waals surface area (Å²) in [6.45, 7) is 4.22. The maximum absolute atomic E-state index is 13.7. The van der Waals surface area contributed by atoms with E-state index in [1.807, 2.05) is 61.3 Å². The van der Waals surface area contributed by atoms with Crippen LogP contribution in [0.3, 0.4) is 0 Å². The molecular formula is C27H36N6O2. The summed E-state index contributed by atoms with van der Waals surface area (Å²) >= 11 is 0. The van der Waals surface area contributed by atoms with Crippen molar-refractivity contribution in [3.05, 3.63) is 59.4 Å². The molecule has 8 heteroatoms. The average Bonchev–Trinajstić information content (AvgIpc) is 3.23. The van der Waals surface area contributed by atoms with Crippen LogP contribution in [0.15, 0.2) is 42.5 Å². The number of nitrogens with zero attached hydrogens (tertiary/aromatic N) is 3. The zero-order chi connectivity index (χ0) is 24.8. The van der Waals surface area contributed by atoms with Gasteiger partial charge in [-0.3, -0.25) is 9.59 Å². The minimum Gasteiger partial charge on any atom is -0.373 e. The normalized spacial score (nSPS) is 15.6. The predicted octanol–water partition coefficient (Wildman–Crippen LogP) is 3.89. The van der Waals surface area contributed by atoms with Gasteiger partial charge in [-0.15, -0.1) is 0 Å². The number of hydrogen-bond acceptors (Lipinski definition) is 5. The van der Waals surface area contributed by atoms with Crippen LogP contribution in [-0.2, 0) is 17.9 Å². The predicted molar refractivity (Wildman–Crippen MR) is 139 cm³/mol. The number of benzene rings is 2. The number of unbranched alkanes of at least 4 members (excludes halogenated alkanes) is 3. The van der Waals surface area contributed by atoms with E-state index in [9.17, 15) is 9.59 Å². The second-order valence-electron chi connectivity index (χ2n) is 9.30. The molecule has 1 aliphatic heterocycles. The highest BCUT2D eigenvalue weighted by Crippen LogP contribution is 2.26. The van der Waals surface area contributed by atoms with E-state index in [-0.39, 0.29) is 17.9 Å². The van der Waals surface area contributed by atoms with Crippen molar-refractivity contribution in [1.29, 1.82) is 0 Å². The Balaban J connectivity index is 1.56.